The normalized spacial score (nSPS) is 22.5. The van der Waals surface area contributed by atoms with Crippen LogP contribution in [-0.2, 0) is 4.79 Å². The smallest absolute Gasteiger partial charge is 0.225 e. The van der Waals surface area contributed by atoms with E-state index in [1.165, 1.54) is 25.8 Å². The molecule has 0 radical (unpaired) electrons. The van der Waals surface area contributed by atoms with Crippen LogP contribution in [0, 0.1) is 5.92 Å². The summed E-state index contributed by atoms with van der Waals surface area (Å²) in [6.07, 6.45) is 7.79. The molecular weight excluding hydrogens is 350 g/mol. The molecule has 2 fully saturated rings. The molecule has 0 aliphatic carbocycles. The van der Waals surface area contributed by atoms with Crippen molar-refractivity contribution in [2.45, 2.75) is 84.7 Å². The van der Waals surface area contributed by atoms with Gasteiger partial charge in [0.25, 0.3) is 0 Å². The predicted octanol–water partition coefficient (Wildman–Crippen LogP) is 2.84. The van der Waals surface area contributed by atoms with E-state index in [1.54, 1.807) is 0 Å². The van der Waals surface area contributed by atoms with Crippen molar-refractivity contribution in [2.24, 2.45) is 10.9 Å². The average molecular weight is 394 g/mol. The van der Waals surface area contributed by atoms with E-state index in [0.717, 1.165) is 64.4 Å². The summed E-state index contributed by atoms with van der Waals surface area (Å²) in [6.45, 7) is 14.4. The molecule has 2 N–H and O–H groups in total. The zero-order valence-electron chi connectivity index (χ0n) is 18.7. The van der Waals surface area contributed by atoms with Crippen molar-refractivity contribution in [3.8, 4) is 0 Å². The van der Waals surface area contributed by atoms with Crippen molar-refractivity contribution in [3.63, 3.8) is 0 Å². The fourth-order valence-electron chi connectivity index (χ4n) is 4.53. The van der Waals surface area contributed by atoms with Crippen LogP contribution < -0.4 is 10.6 Å². The number of amides is 1. The van der Waals surface area contributed by atoms with Gasteiger partial charge in [-0.2, -0.15) is 0 Å². The Morgan fingerprint density at radius 2 is 1.75 bits per heavy atom. The molecule has 0 aromatic heterocycles. The third-order valence-electron chi connectivity index (χ3n) is 6.44. The highest BCUT2D eigenvalue weighted by atomic mass is 16.2. The van der Waals surface area contributed by atoms with Crippen molar-refractivity contribution in [2.75, 3.05) is 39.3 Å². The van der Waals surface area contributed by atoms with E-state index in [-0.39, 0.29) is 5.92 Å². The van der Waals surface area contributed by atoms with Gasteiger partial charge in [0.05, 0.1) is 6.54 Å². The number of nitrogens with one attached hydrogen (secondary N) is 2. The van der Waals surface area contributed by atoms with Crippen LogP contribution >= 0.6 is 0 Å². The minimum absolute atomic E-state index is 0.195. The van der Waals surface area contributed by atoms with E-state index in [2.05, 4.69) is 48.1 Å². The Labute approximate surface area is 172 Å². The molecule has 2 aliphatic heterocycles. The first-order chi connectivity index (χ1) is 13.6. The lowest BCUT2D eigenvalue weighted by molar-refractivity contribution is -0.136. The van der Waals surface area contributed by atoms with Gasteiger partial charge in [-0.05, 0) is 58.5 Å². The first-order valence-corrected chi connectivity index (χ1v) is 11.7. The molecule has 2 aliphatic rings. The molecule has 1 atom stereocenters. The molecule has 1 amide bonds. The van der Waals surface area contributed by atoms with Gasteiger partial charge in [0.2, 0.25) is 5.91 Å². The number of nitrogens with zero attached hydrogens (tertiary/aromatic N) is 3. The molecule has 162 valence electrons. The van der Waals surface area contributed by atoms with Gasteiger partial charge in [0.15, 0.2) is 5.96 Å². The monoisotopic (exact) mass is 393 g/mol. The van der Waals surface area contributed by atoms with Gasteiger partial charge in [-0.1, -0.05) is 27.2 Å². The summed E-state index contributed by atoms with van der Waals surface area (Å²) in [5.41, 5.74) is 0. The summed E-state index contributed by atoms with van der Waals surface area (Å²) in [7, 11) is 0. The highest BCUT2D eigenvalue weighted by Crippen LogP contribution is 2.18. The van der Waals surface area contributed by atoms with Gasteiger partial charge >= 0.3 is 0 Å². The van der Waals surface area contributed by atoms with Gasteiger partial charge in [-0.25, -0.2) is 0 Å². The standard InChI is InChI=1S/C22H43N5O/c1-5-18(6-2)21(28)27-15-12-19(13-16-27)25-22(23-7-3)24-17-20-11-9-10-14-26(20)8-4/h18-20H,5-17H2,1-4H3,(H2,23,24,25). The fourth-order valence-corrected chi connectivity index (χ4v) is 4.53. The van der Waals surface area contributed by atoms with Crippen molar-refractivity contribution < 1.29 is 4.79 Å². The Morgan fingerprint density at radius 3 is 2.36 bits per heavy atom. The number of hydrogen-bond donors (Lipinski definition) is 2. The Morgan fingerprint density at radius 1 is 1.04 bits per heavy atom. The maximum absolute atomic E-state index is 12.6. The van der Waals surface area contributed by atoms with Crippen LogP contribution in [0.5, 0.6) is 0 Å². The second-order valence-electron chi connectivity index (χ2n) is 8.26. The summed E-state index contributed by atoms with van der Waals surface area (Å²) < 4.78 is 0. The van der Waals surface area contributed by atoms with E-state index >= 15 is 0 Å². The van der Waals surface area contributed by atoms with Crippen LogP contribution in [0.25, 0.3) is 0 Å². The van der Waals surface area contributed by atoms with E-state index in [4.69, 9.17) is 4.99 Å². The van der Waals surface area contributed by atoms with E-state index in [9.17, 15) is 4.79 Å². The summed E-state index contributed by atoms with van der Waals surface area (Å²) >= 11 is 0. The number of rotatable bonds is 8. The second kappa shape index (κ2) is 12.3. The van der Waals surface area contributed by atoms with Crippen LogP contribution in [-0.4, -0.2) is 73.0 Å². The van der Waals surface area contributed by atoms with Crippen LogP contribution in [0.1, 0.15) is 72.6 Å². The van der Waals surface area contributed by atoms with E-state index in [0.29, 0.717) is 18.0 Å². The Bertz CT molecular complexity index is 483. The minimum Gasteiger partial charge on any atom is -0.357 e. The highest BCUT2D eigenvalue weighted by molar-refractivity contribution is 5.80. The topological polar surface area (TPSA) is 60.0 Å². The summed E-state index contributed by atoms with van der Waals surface area (Å²) in [6, 6.07) is 0.978. The first-order valence-electron chi connectivity index (χ1n) is 11.7. The van der Waals surface area contributed by atoms with Crippen LogP contribution in [0.4, 0.5) is 0 Å². The van der Waals surface area contributed by atoms with Crippen LogP contribution in [0.2, 0.25) is 0 Å². The molecular formula is C22H43N5O. The van der Waals surface area contributed by atoms with Crippen molar-refractivity contribution in [3.05, 3.63) is 0 Å². The van der Waals surface area contributed by atoms with Crippen molar-refractivity contribution >= 4 is 11.9 Å². The lowest BCUT2D eigenvalue weighted by Gasteiger charge is -2.35. The van der Waals surface area contributed by atoms with Gasteiger partial charge in [0, 0.05) is 37.6 Å². The van der Waals surface area contributed by atoms with Crippen molar-refractivity contribution in [1.29, 1.82) is 0 Å². The summed E-state index contributed by atoms with van der Waals surface area (Å²) in [5.74, 6) is 1.48. The van der Waals surface area contributed by atoms with Crippen LogP contribution in [0.15, 0.2) is 4.99 Å². The molecule has 2 saturated heterocycles. The molecule has 6 nitrogen and oxygen atoms in total. The maximum Gasteiger partial charge on any atom is 0.225 e. The second-order valence-corrected chi connectivity index (χ2v) is 8.26. The molecule has 2 heterocycles. The number of carbonyl (C=O) groups excluding carboxylic acids is 1. The molecule has 0 bridgehead atoms. The van der Waals surface area contributed by atoms with Gasteiger partial charge in [0.1, 0.15) is 0 Å². The number of aliphatic imine (C=N–C) groups is 1. The van der Waals surface area contributed by atoms with Crippen LogP contribution in [0.3, 0.4) is 0 Å². The Kier molecular flexibility index (Phi) is 10.1. The molecule has 28 heavy (non-hydrogen) atoms. The summed E-state index contributed by atoms with van der Waals surface area (Å²) in [4.78, 5) is 22.1. The third-order valence-corrected chi connectivity index (χ3v) is 6.44. The lowest BCUT2D eigenvalue weighted by atomic mass is 9.98. The van der Waals surface area contributed by atoms with Crippen molar-refractivity contribution in [1.82, 2.24) is 20.4 Å². The third kappa shape index (κ3) is 6.64. The number of likely N-dealkylation sites (tertiary alicyclic amines) is 2. The molecule has 1 unspecified atom stereocenters. The van der Waals surface area contributed by atoms with Gasteiger partial charge in [-0.3, -0.25) is 14.7 Å². The fraction of sp³-hybridized carbons (Fsp3) is 0.909. The number of carbonyl (C=O) groups is 1. The molecule has 2 rings (SSSR count). The number of guanidine groups is 1. The zero-order chi connectivity index (χ0) is 20.4. The number of likely N-dealkylation sites (N-methyl/N-ethyl adjacent to an activating group) is 1. The quantitative estimate of drug-likeness (QED) is 0.492. The average Bonchev–Trinajstić information content (AvgIpc) is 2.73. The van der Waals surface area contributed by atoms with E-state index in [1.807, 2.05) is 0 Å². The molecule has 0 saturated carbocycles. The summed E-state index contributed by atoms with van der Waals surface area (Å²) in [5, 5.41) is 7.04. The van der Waals surface area contributed by atoms with Gasteiger partial charge < -0.3 is 15.5 Å². The van der Waals surface area contributed by atoms with E-state index < -0.39 is 0 Å². The Hall–Kier alpha value is -1.30. The molecule has 0 aromatic carbocycles. The molecule has 0 aromatic rings. The first kappa shape index (κ1) is 23.0. The number of hydrogen-bond acceptors (Lipinski definition) is 3. The lowest BCUT2D eigenvalue weighted by Crippen LogP contribution is -2.51. The Balaban J connectivity index is 1.85. The van der Waals surface area contributed by atoms with Gasteiger partial charge in [-0.15, -0.1) is 0 Å². The molecule has 0 spiro atoms. The SMILES string of the molecule is CCNC(=NCC1CCCCN1CC)NC1CCN(C(=O)C(CC)CC)CC1. The minimum atomic E-state index is 0.195. The number of piperidine rings is 2. The molecule has 6 heteroatoms. The largest absolute Gasteiger partial charge is 0.357 e. The predicted molar refractivity (Wildman–Crippen MR) is 118 cm³/mol. The maximum atomic E-state index is 12.6. The zero-order valence-corrected chi connectivity index (χ0v) is 18.7. The highest BCUT2D eigenvalue weighted by Gasteiger charge is 2.27.